The molecule has 1 heterocycles. The van der Waals surface area contributed by atoms with E-state index in [-0.39, 0.29) is 11.7 Å². The molecule has 3 rings (SSSR count). The largest absolute Gasteiger partial charge is 0.339 e. The molecule has 1 aromatic heterocycles. The van der Waals surface area contributed by atoms with Crippen molar-refractivity contribution in [1.29, 1.82) is 0 Å². The van der Waals surface area contributed by atoms with E-state index in [0.717, 1.165) is 24.8 Å². The second-order valence-electron chi connectivity index (χ2n) is 5.68. The van der Waals surface area contributed by atoms with E-state index in [2.05, 4.69) is 10.1 Å². The average Bonchev–Trinajstić information content (AvgIpc) is 2.84. The SMILES string of the molecule is CC(Cc1nc(C2(N)CCC2)no1)c1cccc(F)c1. The van der Waals surface area contributed by atoms with Crippen LogP contribution in [0.2, 0.25) is 0 Å². The van der Waals surface area contributed by atoms with Crippen molar-refractivity contribution in [3.8, 4) is 0 Å². The molecule has 0 amide bonds. The summed E-state index contributed by atoms with van der Waals surface area (Å²) in [5.74, 6) is 1.06. The van der Waals surface area contributed by atoms with Crippen molar-refractivity contribution in [1.82, 2.24) is 10.1 Å². The van der Waals surface area contributed by atoms with Crippen molar-refractivity contribution >= 4 is 0 Å². The van der Waals surface area contributed by atoms with Crippen LogP contribution >= 0.6 is 0 Å². The molecule has 1 unspecified atom stereocenters. The van der Waals surface area contributed by atoms with E-state index in [9.17, 15) is 4.39 Å². The molecular weight excluding hydrogens is 257 g/mol. The number of hydrogen-bond donors (Lipinski definition) is 1. The van der Waals surface area contributed by atoms with Crippen LogP contribution in [0.1, 0.15) is 49.4 Å². The first-order valence-electron chi connectivity index (χ1n) is 6.94. The standard InChI is InChI=1S/C15H18FN3O/c1-10(11-4-2-5-12(16)9-11)8-13-18-14(19-20-13)15(17)6-3-7-15/h2,4-5,9-10H,3,6-8,17H2,1H3. The molecule has 1 atom stereocenters. The Morgan fingerprint density at radius 2 is 2.25 bits per heavy atom. The summed E-state index contributed by atoms with van der Waals surface area (Å²) in [7, 11) is 0. The third-order valence-electron chi connectivity index (χ3n) is 4.06. The maximum Gasteiger partial charge on any atom is 0.227 e. The summed E-state index contributed by atoms with van der Waals surface area (Å²) in [6.45, 7) is 2.01. The monoisotopic (exact) mass is 275 g/mol. The fraction of sp³-hybridized carbons (Fsp3) is 0.467. The van der Waals surface area contributed by atoms with Gasteiger partial charge in [0.25, 0.3) is 0 Å². The molecule has 0 aliphatic heterocycles. The first-order chi connectivity index (χ1) is 9.57. The number of nitrogens with zero attached hydrogens (tertiary/aromatic N) is 2. The van der Waals surface area contributed by atoms with Gasteiger partial charge in [0.2, 0.25) is 5.89 Å². The number of benzene rings is 1. The Morgan fingerprint density at radius 1 is 1.45 bits per heavy atom. The van der Waals surface area contributed by atoms with Crippen LogP contribution in [0.15, 0.2) is 28.8 Å². The summed E-state index contributed by atoms with van der Waals surface area (Å²) < 4.78 is 18.5. The Balaban J connectivity index is 1.71. The van der Waals surface area contributed by atoms with Crippen LogP contribution in [0.25, 0.3) is 0 Å². The van der Waals surface area contributed by atoms with E-state index in [4.69, 9.17) is 10.3 Å². The van der Waals surface area contributed by atoms with E-state index in [1.807, 2.05) is 13.0 Å². The third-order valence-corrected chi connectivity index (χ3v) is 4.06. The summed E-state index contributed by atoms with van der Waals surface area (Å²) in [5, 5.41) is 3.99. The zero-order valence-electron chi connectivity index (χ0n) is 11.5. The van der Waals surface area contributed by atoms with Gasteiger partial charge >= 0.3 is 0 Å². The van der Waals surface area contributed by atoms with Crippen LogP contribution in [0.3, 0.4) is 0 Å². The number of nitrogens with two attached hydrogens (primary N) is 1. The van der Waals surface area contributed by atoms with E-state index in [0.29, 0.717) is 18.1 Å². The molecule has 1 aliphatic rings. The molecule has 2 N–H and O–H groups in total. The van der Waals surface area contributed by atoms with Gasteiger partial charge in [-0.3, -0.25) is 0 Å². The van der Waals surface area contributed by atoms with Crippen molar-refractivity contribution in [2.75, 3.05) is 0 Å². The van der Waals surface area contributed by atoms with Crippen LogP contribution < -0.4 is 5.73 Å². The van der Waals surface area contributed by atoms with E-state index in [1.165, 1.54) is 12.1 Å². The van der Waals surface area contributed by atoms with Crippen LogP contribution in [-0.2, 0) is 12.0 Å². The van der Waals surface area contributed by atoms with Crippen molar-refractivity contribution in [3.05, 3.63) is 47.4 Å². The highest BCUT2D eigenvalue weighted by molar-refractivity contribution is 5.21. The minimum atomic E-state index is -0.399. The lowest BCUT2D eigenvalue weighted by Crippen LogP contribution is -2.44. The number of halogens is 1. The summed E-state index contributed by atoms with van der Waals surface area (Å²) >= 11 is 0. The number of rotatable bonds is 4. The third kappa shape index (κ3) is 2.45. The molecule has 5 heteroatoms. The molecule has 106 valence electrons. The molecule has 20 heavy (non-hydrogen) atoms. The van der Waals surface area contributed by atoms with E-state index >= 15 is 0 Å². The van der Waals surface area contributed by atoms with E-state index < -0.39 is 5.54 Å². The minimum Gasteiger partial charge on any atom is -0.339 e. The smallest absolute Gasteiger partial charge is 0.227 e. The molecule has 1 aromatic carbocycles. The maximum absolute atomic E-state index is 13.2. The van der Waals surface area contributed by atoms with Gasteiger partial charge in [0.15, 0.2) is 5.82 Å². The van der Waals surface area contributed by atoms with E-state index in [1.54, 1.807) is 6.07 Å². The number of hydrogen-bond acceptors (Lipinski definition) is 4. The average molecular weight is 275 g/mol. The summed E-state index contributed by atoms with van der Waals surface area (Å²) in [5.41, 5.74) is 6.69. The quantitative estimate of drug-likeness (QED) is 0.931. The van der Waals surface area contributed by atoms with Crippen LogP contribution in [0, 0.1) is 5.82 Å². The minimum absolute atomic E-state index is 0.120. The molecule has 1 fully saturated rings. The molecule has 0 bridgehead atoms. The summed E-state index contributed by atoms with van der Waals surface area (Å²) in [6, 6.07) is 6.60. The Morgan fingerprint density at radius 3 is 2.90 bits per heavy atom. The predicted molar refractivity (Wildman–Crippen MR) is 72.5 cm³/mol. The fourth-order valence-corrected chi connectivity index (χ4v) is 2.51. The van der Waals surface area contributed by atoms with Crippen molar-refractivity contribution in [2.45, 2.75) is 44.1 Å². The predicted octanol–water partition coefficient (Wildman–Crippen LogP) is 2.89. The zero-order chi connectivity index (χ0) is 14.2. The molecule has 1 aliphatic carbocycles. The molecule has 0 saturated heterocycles. The van der Waals surface area contributed by atoms with Gasteiger partial charge in [-0.1, -0.05) is 24.2 Å². The summed E-state index contributed by atoms with van der Waals surface area (Å²) in [6.07, 6.45) is 3.52. The molecule has 0 spiro atoms. The van der Waals surface area contributed by atoms with Gasteiger partial charge in [-0.15, -0.1) is 0 Å². The van der Waals surface area contributed by atoms with Gasteiger partial charge in [0.1, 0.15) is 5.82 Å². The topological polar surface area (TPSA) is 64.9 Å². The highest BCUT2D eigenvalue weighted by Crippen LogP contribution is 2.37. The normalized spacial score (nSPS) is 18.6. The van der Waals surface area contributed by atoms with Crippen LogP contribution in [-0.4, -0.2) is 10.1 Å². The number of aromatic nitrogens is 2. The Bertz CT molecular complexity index is 607. The lowest BCUT2D eigenvalue weighted by atomic mass is 9.77. The second kappa shape index (κ2) is 4.98. The lowest BCUT2D eigenvalue weighted by Gasteiger charge is -2.34. The van der Waals surface area contributed by atoms with Crippen LogP contribution in [0.5, 0.6) is 0 Å². The van der Waals surface area contributed by atoms with Crippen molar-refractivity contribution < 1.29 is 8.91 Å². The van der Waals surface area contributed by atoms with Gasteiger partial charge in [-0.2, -0.15) is 4.98 Å². The van der Waals surface area contributed by atoms with Gasteiger partial charge in [0, 0.05) is 6.42 Å². The lowest BCUT2D eigenvalue weighted by molar-refractivity contribution is 0.229. The second-order valence-corrected chi connectivity index (χ2v) is 5.68. The Kier molecular flexibility index (Phi) is 3.30. The van der Waals surface area contributed by atoms with Gasteiger partial charge in [-0.25, -0.2) is 4.39 Å². The zero-order valence-corrected chi connectivity index (χ0v) is 11.5. The molecular formula is C15H18FN3O. The first kappa shape index (κ1) is 13.2. The van der Waals surface area contributed by atoms with Gasteiger partial charge in [-0.05, 0) is 42.9 Å². The Labute approximate surface area is 117 Å². The highest BCUT2D eigenvalue weighted by atomic mass is 19.1. The molecule has 0 radical (unpaired) electrons. The Hall–Kier alpha value is -1.75. The molecule has 2 aromatic rings. The molecule has 1 saturated carbocycles. The first-order valence-corrected chi connectivity index (χ1v) is 6.94. The van der Waals surface area contributed by atoms with Crippen molar-refractivity contribution in [3.63, 3.8) is 0 Å². The molecule has 4 nitrogen and oxygen atoms in total. The van der Waals surface area contributed by atoms with Crippen LogP contribution in [0.4, 0.5) is 4.39 Å². The van der Waals surface area contributed by atoms with Gasteiger partial charge < -0.3 is 10.3 Å². The van der Waals surface area contributed by atoms with Gasteiger partial charge in [0.05, 0.1) is 5.54 Å². The van der Waals surface area contributed by atoms with Crippen molar-refractivity contribution in [2.24, 2.45) is 5.73 Å². The maximum atomic E-state index is 13.2. The highest BCUT2D eigenvalue weighted by Gasteiger charge is 2.39. The summed E-state index contributed by atoms with van der Waals surface area (Å²) in [4.78, 5) is 4.40. The fourth-order valence-electron chi connectivity index (χ4n) is 2.51.